The maximum atomic E-state index is 6.16. The number of hydrogen-bond acceptors (Lipinski definition) is 3. The van der Waals surface area contributed by atoms with E-state index in [0.29, 0.717) is 5.95 Å². The van der Waals surface area contributed by atoms with Crippen LogP contribution in [0.4, 0.5) is 5.95 Å². The molecule has 0 aliphatic rings. The summed E-state index contributed by atoms with van der Waals surface area (Å²) in [7, 11) is 0. The summed E-state index contributed by atoms with van der Waals surface area (Å²) in [6.07, 6.45) is 3.93. The van der Waals surface area contributed by atoms with Crippen LogP contribution in [0.1, 0.15) is 5.56 Å². The summed E-state index contributed by atoms with van der Waals surface area (Å²) in [5.74, 6) is 0.469. The van der Waals surface area contributed by atoms with Gasteiger partial charge in [0.25, 0.3) is 0 Å². The fraction of sp³-hybridized carbons (Fsp3) is 0.0476. The zero-order valence-electron chi connectivity index (χ0n) is 14.1. The summed E-state index contributed by atoms with van der Waals surface area (Å²) < 4.78 is 4.10. The second-order valence-electron chi connectivity index (χ2n) is 6.33. The van der Waals surface area contributed by atoms with Gasteiger partial charge in [0.2, 0.25) is 5.95 Å². The molecule has 5 heteroatoms. The Kier molecular flexibility index (Phi) is 3.25. The molecule has 26 heavy (non-hydrogen) atoms. The molecule has 5 aromatic rings. The van der Waals surface area contributed by atoms with Gasteiger partial charge in [0.1, 0.15) is 5.65 Å². The first-order valence-corrected chi connectivity index (χ1v) is 8.52. The highest BCUT2D eigenvalue weighted by molar-refractivity contribution is 5.83. The summed E-state index contributed by atoms with van der Waals surface area (Å²) in [6.45, 7) is 0.798. The van der Waals surface area contributed by atoms with Crippen molar-refractivity contribution >= 4 is 28.0 Å². The van der Waals surface area contributed by atoms with E-state index in [1.807, 2.05) is 41.1 Å². The number of para-hydroxylation sites is 2. The molecule has 126 valence electrons. The third-order valence-corrected chi connectivity index (χ3v) is 4.63. The van der Waals surface area contributed by atoms with E-state index in [9.17, 15) is 0 Å². The van der Waals surface area contributed by atoms with Gasteiger partial charge in [-0.15, -0.1) is 0 Å². The normalized spacial score (nSPS) is 11.4. The van der Waals surface area contributed by atoms with Crippen molar-refractivity contribution in [2.45, 2.75) is 6.54 Å². The molecule has 3 aromatic heterocycles. The zero-order chi connectivity index (χ0) is 17.5. The smallest absolute Gasteiger partial charge is 0.205 e. The number of nitrogens with two attached hydrogens (primary N) is 1. The summed E-state index contributed by atoms with van der Waals surface area (Å²) in [5, 5.41) is 1.08. The van der Waals surface area contributed by atoms with Crippen molar-refractivity contribution in [2.75, 3.05) is 5.73 Å². The van der Waals surface area contributed by atoms with Crippen LogP contribution in [0.2, 0.25) is 0 Å². The number of pyridine rings is 1. The van der Waals surface area contributed by atoms with E-state index in [1.54, 1.807) is 0 Å². The van der Waals surface area contributed by atoms with Crippen molar-refractivity contribution in [1.82, 2.24) is 19.1 Å². The van der Waals surface area contributed by atoms with Crippen molar-refractivity contribution in [2.24, 2.45) is 0 Å². The fourth-order valence-electron chi connectivity index (χ4n) is 3.41. The Morgan fingerprint density at radius 3 is 2.62 bits per heavy atom. The maximum absolute atomic E-state index is 6.16. The molecule has 2 aromatic carbocycles. The molecule has 2 N–H and O–H groups in total. The van der Waals surface area contributed by atoms with Crippen LogP contribution in [0, 0.1) is 0 Å². The summed E-state index contributed by atoms with van der Waals surface area (Å²) >= 11 is 0. The Morgan fingerprint density at radius 1 is 0.923 bits per heavy atom. The minimum absolute atomic E-state index is 0.469. The van der Waals surface area contributed by atoms with Gasteiger partial charge in [-0.3, -0.25) is 4.57 Å². The topological polar surface area (TPSA) is 61.7 Å². The number of fused-ring (bicyclic) bond motifs is 2. The highest BCUT2D eigenvalue weighted by atomic mass is 15.2. The first kappa shape index (κ1) is 14.7. The predicted molar refractivity (Wildman–Crippen MR) is 104 cm³/mol. The lowest BCUT2D eigenvalue weighted by molar-refractivity contribution is 0.825. The van der Waals surface area contributed by atoms with E-state index in [-0.39, 0.29) is 0 Å². The molecular formula is C21H17N5. The minimum atomic E-state index is 0.469. The molecule has 5 rings (SSSR count). The molecule has 0 aliphatic carbocycles. The second-order valence-corrected chi connectivity index (χ2v) is 6.33. The molecule has 0 bridgehead atoms. The SMILES string of the molecule is Nc1nc2ccccc2n1-c1cnc2c(ccn2Cc2ccccc2)c1. The standard InChI is InChI=1S/C21H17N5/c22-21-24-18-8-4-5-9-19(18)26(21)17-12-16-10-11-25(20(16)23-13-17)14-15-6-2-1-3-7-15/h1-13H,14H2,(H2,22,24). The highest BCUT2D eigenvalue weighted by Gasteiger charge is 2.11. The zero-order valence-corrected chi connectivity index (χ0v) is 14.1. The lowest BCUT2D eigenvalue weighted by Crippen LogP contribution is -2.02. The van der Waals surface area contributed by atoms with Crippen molar-refractivity contribution < 1.29 is 0 Å². The molecule has 0 amide bonds. The van der Waals surface area contributed by atoms with Gasteiger partial charge in [0.15, 0.2) is 0 Å². The Bertz CT molecular complexity index is 1220. The van der Waals surface area contributed by atoms with Crippen molar-refractivity contribution in [3.05, 3.63) is 84.7 Å². The van der Waals surface area contributed by atoms with Crippen molar-refractivity contribution in [3.63, 3.8) is 0 Å². The van der Waals surface area contributed by atoms with Gasteiger partial charge in [-0.2, -0.15) is 0 Å². The molecule has 3 heterocycles. The van der Waals surface area contributed by atoms with Crippen molar-refractivity contribution in [3.8, 4) is 5.69 Å². The largest absolute Gasteiger partial charge is 0.369 e. The molecule has 0 saturated heterocycles. The highest BCUT2D eigenvalue weighted by Crippen LogP contribution is 2.25. The van der Waals surface area contributed by atoms with E-state index in [4.69, 9.17) is 10.7 Å². The Balaban J connectivity index is 1.60. The fourth-order valence-corrected chi connectivity index (χ4v) is 3.41. The van der Waals surface area contributed by atoms with Crippen LogP contribution in [-0.4, -0.2) is 19.1 Å². The number of imidazole rings is 1. The van der Waals surface area contributed by atoms with E-state index < -0.39 is 0 Å². The molecule has 0 atom stereocenters. The van der Waals surface area contributed by atoms with Crippen molar-refractivity contribution in [1.29, 1.82) is 0 Å². The van der Waals surface area contributed by atoms with E-state index in [0.717, 1.165) is 34.3 Å². The van der Waals surface area contributed by atoms with Gasteiger partial charge < -0.3 is 10.3 Å². The van der Waals surface area contributed by atoms with Gasteiger partial charge in [-0.1, -0.05) is 42.5 Å². The minimum Gasteiger partial charge on any atom is -0.369 e. The number of hydrogen-bond donors (Lipinski definition) is 1. The van der Waals surface area contributed by atoms with Crippen LogP contribution in [0.5, 0.6) is 0 Å². The quantitative estimate of drug-likeness (QED) is 0.540. The average molecular weight is 339 g/mol. The van der Waals surface area contributed by atoms with Gasteiger partial charge in [0.05, 0.1) is 22.9 Å². The van der Waals surface area contributed by atoms with E-state index in [2.05, 4.69) is 52.1 Å². The third kappa shape index (κ3) is 2.33. The van der Waals surface area contributed by atoms with E-state index in [1.165, 1.54) is 5.56 Å². The van der Waals surface area contributed by atoms with Gasteiger partial charge in [0, 0.05) is 18.1 Å². The Labute approximate surface area is 150 Å². The lowest BCUT2D eigenvalue weighted by atomic mass is 10.2. The first-order chi connectivity index (χ1) is 12.8. The molecule has 0 fully saturated rings. The molecule has 0 radical (unpaired) electrons. The molecule has 0 saturated carbocycles. The van der Waals surface area contributed by atoms with Crippen LogP contribution in [0.3, 0.4) is 0 Å². The lowest BCUT2D eigenvalue weighted by Gasteiger charge is -2.08. The van der Waals surface area contributed by atoms with Crippen LogP contribution >= 0.6 is 0 Å². The van der Waals surface area contributed by atoms with Gasteiger partial charge >= 0.3 is 0 Å². The number of rotatable bonds is 3. The monoisotopic (exact) mass is 339 g/mol. The van der Waals surface area contributed by atoms with Crippen LogP contribution < -0.4 is 5.73 Å². The molecule has 0 aliphatic heterocycles. The third-order valence-electron chi connectivity index (χ3n) is 4.63. The van der Waals surface area contributed by atoms with Crippen LogP contribution in [0.15, 0.2) is 79.1 Å². The molecule has 5 nitrogen and oxygen atoms in total. The number of nitrogen functional groups attached to an aromatic ring is 1. The first-order valence-electron chi connectivity index (χ1n) is 8.52. The summed E-state index contributed by atoms with van der Waals surface area (Å²) in [4.78, 5) is 9.14. The Hall–Kier alpha value is -3.60. The van der Waals surface area contributed by atoms with Gasteiger partial charge in [-0.05, 0) is 29.8 Å². The summed E-state index contributed by atoms with van der Waals surface area (Å²) in [5.41, 5.74) is 11.1. The molecule has 0 spiro atoms. The Morgan fingerprint density at radius 2 is 1.73 bits per heavy atom. The number of nitrogens with zero attached hydrogens (tertiary/aromatic N) is 4. The number of benzene rings is 2. The number of anilines is 1. The molecule has 0 unspecified atom stereocenters. The van der Waals surface area contributed by atoms with Gasteiger partial charge in [-0.25, -0.2) is 9.97 Å². The van der Waals surface area contributed by atoms with E-state index >= 15 is 0 Å². The molecular weight excluding hydrogens is 322 g/mol. The van der Waals surface area contributed by atoms with Crippen LogP contribution in [0.25, 0.3) is 27.8 Å². The van der Waals surface area contributed by atoms with Crippen LogP contribution in [-0.2, 0) is 6.54 Å². The predicted octanol–water partition coefficient (Wildman–Crippen LogP) is 4.01. The second kappa shape index (κ2) is 5.74. The number of aromatic nitrogens is 4. The maximum Gasteiger partial charge on any atom is 0.205 e. The average Bonchev–Trinajstić information content (AvgIpc) is 3.22. The summed E-state index contributed by atoms with van der Waals surface area (Å²) in [6, 6.07) is 22.5.